The fourth-order valence-electron chi connectivity index (χ4n) is 1.67. The van der Waals surface area contributed by atoms with Crippen molar-refractivity contribution < 1.29 is 4.74 Å². The fraction of sp³-hybridized carbons (Fsp3) is 0.692. The lowest BCUT2D eigenvalue weighted by molar-refractivity contribution is 0.158. The lowest BCUT2D eigenvalue weighted by Crippen LogP contribution is -2.36. The Hall–Kier alpha value is -1.01. The van der Waals surface area contributed by atoms with Gasteiger partial charge in [0.2, 0.25) is 0 Å². The maximum atomic E-state index is 5.20. The Morgan fingerprint density at radius 3 is 2.58 bits per heavy atom. The molecule has 0 aromatic carbocycles. The summed E-state index contributed by atoms with van der Waals surface area (Å²) in [6, 6.07) is 1.94. The van der Waals surface area contributed by atoms with Crippen LogP contribution in [-0.2, 0) is 4.74 Å². The van der Waals surface area contributed by atoms with Gasteiger partial charge in [0.15, 0.2) is 5.16 Å². The van der Waals surface area contributed by atoms with Gasteiger partial charge in [0, 0.05) is 19.7 Å². The predicted octanol–water partition coefficient (Wildman–Crippen LogP) is 2.86. The van der Waals surface area contributed by atoms with Gasteiger partial charge in [0.25, 0.3) is 0 Å². The minimum Gasteiger partial charge on any atom is -0.382 e. The van der Waals surface area contributed by atoms with Crippen molar-refractivity contribution in [3.63, 3.8) is 0 Å². The molecule has 0 aliphatic heterocycles. The number of rotatable bonds is 8. The first-order chi connectivity index (χ1) is 9.00. The first-order valence-electron chi connectivity index (χ1n) is 6.45. The molecule has 2 N–H and O–H groups in total. The van der Waals surface area contributed by atoms with Gasteiger partial charge in [0.05, 0.1) is 12.1 Å². The smallest absolute Gasteiger partial charge is 0.191 e. The van der Waals surface area contributed by atoms with Crippen molar-refractivity contribution in [2.75, 3.05) is 37.2 Å². The van der Waals surface area contributed by atoms with E-state index in [-0.39, 0.29) is 5.54 Å². The Bertz CT molecular complexity index is 398. The Kier molecular flexibility index (Phi) is 6.37. The topological polar surface area (TPSA) is 59.1 Å². The van der Waals surface area contributed by atoms with Crippen LogP contribution in [0.2, 0.25) is 0 Å². The number of ether oxygens (including phenoxy) is 1. The van der Waals surface area contributed by atoms with E-state index in [0.717, 1.165) is 29.8 Å². The van der Waals surface area contributed by atoms with E-state index in [2.05, 4.69) is 41.4 Å². The third kappa shape index (κ3) is 5.65. The van der Waals surface area contributed by atoms with Crippen molar-refractivity contribution in [2.45, 2.75) is 37.9 Å². The van der Waals surface area contributed by atoms with E-state index in [9.17, 15) is 0 Å². The van der Waals surface area contributed by atoms with Gasteiger partial charge in [-0.15, -0.1) is 0 Å². The van der Waals surface area contributed by atoms with Gasteiger partial charge in [-0.2, -0.15) is 0 Å². The van der Waals surface area contributed by atoms with E-state index < -0.39 is 0 Å². The summed E-state index contributed by atoms with van der Waals surface area (Å²) < 4.78 is 5.20. The second-order valence-electron chi connectivity index (χ2n) is 4.99. The molecule has 0 atom stereocenters. The first-order valence-corrected chi connectivity index (χ1v) is 7.67. The van der Waals surface area contributed by atoms with E-state index in [4.69, 9.17) is 4.74 Å². The molecule has 0 saturated heterocycles. The molecule has 0 aliphatic rings. The van der Waals surface area contributed by atoms with Crippen molar-refractivity contribution in [3.8, 4) is 0 Å². The molecule has 1 heterocycles. The number of methoxy groups -OCH3 is 1. The van der Waals surface area contributed by atoms with Crippen LogP contribution in [0.4, 0.5) is 11.6 Å². The summed E-state index contributed by atoms with van der Waals surface area (Å²) in [6.45, 7) is 7.81. The maximum Gasteiger partial charge on any atom is 0.191 e. The van der Waals surface area contributed by atoms with E-state index in [1.165, 1.54) is 11.8 Å². The fourth-order valence-corrected chi connectivity index (χ4v) is 2.05. The van der Waals surface area contributed by atoms with Crippen LogP contribution >= 0.6 is 11.8 Å². The number of aromatic nitrogens is 2. The summed E-state index contributed by atoms with van der Waals surface area (Å²) in [7, 11) is 1.70. The van der Waals surface area contributed by atoms with Crippen LogP contribution in [0, 0.1) is 0 Å². The number of anilines is 2. The predicted molar refractivity (Wildman–Crippen MR) is 82.2 cm³/mol. The van der Waals surface area contributed by atoms with Crippen LogP contribution in [0.1, 0.15) is 27.2 Å². The molecule has 19 heavy (non-hydrogen) atoms. The molecule has 5 nitrogen and oxygen atoms in total. The first kappa shape index (κ1) is 16.0. The number of hydrogen-bond donors (Lipinski definition) is 2. The van der Waals surface area contributed by atoms with E-state index in [1.54, 1.807) is 7.11 Å². The zero-order chi connectivity index (χ0) is 14.3. The molecule has 0 amide bonds. The van der Waals surface area contributed by atoms with Crippen molar-refractivity contribution in [2.24, 2.45) is 0 Å². The molecule has 1 rings (SSSR count). The number of hydrogen-bond acceptors (Lipinski definition) is 6. The van der Waals surface area contributed by atoms with Gasteiger partial charge >= 0.3 is 0 Å². The van der Waals surface area contributed by atoms with E-state index in [1.807, 2.05) is 12.3 Å². The minimum absolute atomic E-state index is 0.166. The zero-order valence-electron chi connectivity index (χ0n) is 12.4. The highest BCUT2D eigenvalue weighted by Crippen LogP contribution is 2.20. The summed E-state index contributed by atoms with van der Waals surface area (Å²) in [5.41, 5.74) is -0.166. The maximum absolute atomic E-state index is 5.20. The zero-order valence-corrected chi connectivity index (χ0v) is 13.2. The second-order valence-corrected chi connectivity index (χ2v) is 5.77. The third-order valence-electron chi connectivity index (χ3n) is 2.42. The molecular weight excluding hydrogens is 260 g/mol. The van der Waals surface area contributed by atoms with Crippen LogP contribution in [-0.4, -0.2) is 42.0 Å². The molecule has 1 aromatic rings. The monoisotopic (exact) mass is 284 g/mol. The Morgan fingerprint density at radius 2 is 2.00 bits per heavy atom. The molecular formula is C13H24N4OS. The van der Waals surface area contributed by atoms with Gasteiger partial charge in [-0.1, -0.05) is 18.7 Å². The van der Waals surface area contributed by atoms with E-state index in [0.29, 0.717) is 6.61 Å². The summed E-state index contributed by atoms with van der Waals surface area (Å²) >= 11 is 1.54. The largest absolute Gasteiger partial charge is 0.382 e. The second kappa shape index (κ2) is 7.55. The van der Waals surface area contributed by atoms with Crippen molar-refractivity contribution in [1.29, 1.82) is 0 Å². The molecule has 0 fully saturated rings. The molecule has 1 aromatic heterocycles. The van der Waals surface area contributed by atoms with Gasteiger partial charge in [-0.05, 0) is 26.5 Å². The van der Waals surface area contributed by atoms with E-state index >= 15 is 0 Å². The molecule has 108 valence electrons. The van der Waals surface area contributed by atoms with Crippen LogP contribution in [0.25, 0.3) is 0 Å². The number of nitrogens with one attached hydrogen (secondary N) is 2. The van der Waals surface area contributed by atoms with Crippen molar-refractivity contribution in [1.82, 2.24) is 9.97 Å². The van der Waals surface area contributed by atoms with Crippen LogP contribution in [0.3, 0.4) is 0 Å². The SMILES string of the molecule is CCCNc1cc(NC(C)(C)COC)nc(SC)n1. The van der Waals surface area contributed by atoms with Crippen molar-refractivity contribution >= 4 is 23.4 Å². The molecule has 0 aliphatic carbocycles. The number of nitrogens with zero attached hydrogens (tertiary/aromatic N) is 2. The van der Waals surface area contributed by atoms with Crippen LogP contribution in [0.15, 0.2) is 11.2 Å². The quantitative estimate of drug-likeness (QED) is 0.565. The van der Waals surface area contributed by atoms with Crippen LogP contribution in [0.5, 0.6) is 0 Å². The Balaban J connectivity index is 2.87. The highest BCUT2D eigenvalue weighted by atomic mass is 32.2. The normalized spacial score (nSPS) is 11.4. The summed E-state index contributed by atoms with van der Waals surface area (Å²) in [5, 5.41) is 7.43. The van der Waals surface area contributed by atoms with Crippen LogP contribution < -0.4 is 10.6 Å². The molecule has 0 radical (unpaired) electrons. The molecule has 0 saturated carbocycles. The lowest BCUT2D eigenvalue weighted by atomic mass is 10.1. The third-order valence-corrected chi connectivity index (χ3v) is 2.96. The minimum atomic E-state index is -0.166. The van der Waals surface area contributed by atoms with Crippen molar-refractivity contribution in [3.05, 3.63) is 6.07 Å². The standard InChI is InChI=1S/C13H24N4OS/c1-6-7-14-10-8-11(16-12(15-10)19-5)17-13(2,3)9-18-4/h8H,6-7,9H2,1-5H3,(H2,14,15,16,17). The van der Waals surface area contributed by atoms with Gasteiger partial charge < -0.3 is 15.4 Å². The molecule has 6 heteroatoms. The van der Waals surface area contributed by atoms with Gasteiger partial charge in [-0.25, -0.2) is 9.97 Å². The molecule has 0 bridgehead atoms. The summed E-state index contributed by atoms with van der Waals surface area (Å²) in [4.78, 5) is 8.91. The number of thioether (sulfide) groups is 1. The average molecular weight is 284 g/mol. The van der Waals surface area contributed by atoms with Gasteiger partial charge in [-0.3, -0.25) is 0 Å². The Morgan fingerprint density at radius 1 is 1.32 bits per heavy atom. The summed E-state index contributed by atoms with van der Waals surface area (Å²) in [6.07, 6.45) is 3.04. The Labute approximate surface area is 119 Å². The molecule has 0 spiro atoms. The highest BCUT2D eigenvalue weighted by molar-refractivity contribution is 7.98. The molecule has 0 unspecified atom stereocenters. The summed E-state index contributed by atoms with van der Waals surface area (Å²) in [5.74, 6) is 1.68. The highest BCUT2D eigenvalue weighted by Gasteiger charge is 2.18. The lowest BCUT2D eigenvalue weighted by Gasteiger charge is -2.26. The van der Waals surface area contributed by atoms with Gasteiger partial charge in [0.1, 0.15) is 11.6 Å². The average Bonchev–Trinajstić information content (AvgIpc) is 2.35.